The summed E-state index contributed by atoms with van der Waals surface area (Å²) in [5.74, 6) is 0.330. The Hall–Kier alpha value is -2.34. The Balaban J connectivity index is 1.69. The quantitative estimate of drug-likeness (QED) is 0.936. The van der Waals surface area contributed by atoms with Crippen LogP contribution in [0.1, 0.15) is 16.1 Å². The van der Waals surface area contributed by atoms with Crippen molar-refractivity contribution < 1.29 is 14.1 Å². The van der Waals surface area contributed by atoms with Crippen molar-refractivity contribution in [3.63, 3.8) is 0 Å². The average Bonchev–Trinajstić information content (AvgIpc) is 2.98. The maximum atomic E-state index is 12.1. The van der Waals surface area contributed by atoms with Crippen molar-refractivity contribution in [2.24, 2.45) is 0 Å². The van der Waals surface area contributed by atoms with Crippen molar-refractivity contribution in [3.05, 3.63) is 41.6 Å². The standard InChI is InChI=1S/C15H17N3O3/c1-11-3-2-4-12(9-11)16-15(19)13-10-14(21-17-13)18-5-7-20-8-6-18/h2-4,9-10H,5-8H2,1H3,(H,16,19). The molecule has 2 aromatic rings. The lowest BCUT2D eigenvalue weighted by atomic mass is 10.2. The highest BCUT2D eigenvalue weighted by Crippen LogP contribution is 2.18. The molecule has 1 aliphatic heterocycles. The van der Waals surface area contributed by atoms with Crippen LogP contribution >= 0.6 is 0 Å². The summed E-state index contributed by atoms with van der Waals surface area (Å²) in [5, 5.41) is 6.65. The number of aryl methyl sites for hydroxylation is 1. The van der Waals surface area contributed by atoms with Gasteiger partial charge in [-0.05, 0) is 24.6 Å². The van der Waals surface area contributed by atoms with E-state index >= 15 is 0 Å². The van der Waals surface area contributed by atoms with Gasteiger partial charge in [0, 0.05) is 24.8 Å². The number of nitrogens with one attached hydrogen (secondary N) is 1. The van der Waals surface area contributed by atoms with Gasteiger partial charge in [0.05, 0.1) is 13.2 Å². The Morgan fingerprint density at radius 2 is 2.10 bits per heavy atom. The van der Waals surface area contributed by atoms with E-state index in [9.17, 15) is 4.79 Å². The first-order valence-corrected chi connectivity index (χ1v) is 6.90. The smallest absolute Gasteiger partial charge is 0.277 e. The number of ether oxygens (including phenoxy) is 1. The van der Waals surface area contributed by atoms with Crippen molar-refractivity contribution >= 4 is 17.5 Å². The van der Waals surface area contributed by atoms with E-state index in [2.05, 4.69) is 10.5 Å². The zero-order chi connectivity index (χ0) is 14.7. The van der Waals surface area contributed by atoms with Gasteiger partial charge in [0.15, 0.2) is 5.69 Å². The molecule has 0 unspecified atom stereocenters. The number of anilines is 2. The Labute approximate surface area is 122 Å². The third-order valence-electron chi connectivity index (χ3n) is 3.33. The second-order valence-corrected chi connectivity index (χ2v) is 4.97. The zero-order valence-corrected chi connectivity index (χ0v) is 11.8. The van der Waals surface area contributed by atoms with Crippen LogP contribution in [0.3, 0.4) is 0 Å². The summed E-state index contributed by atoms with van der Waals surface area (Å²) in [6, 6.07) is 9.28. The largest absolute Gasteiger partial charge is 0.378 e. The van der Waals surface area contributed by atoms with Crippen LogP contribution in [-0.2, 0) is 4.74 Å². The number of hydrogen-bond donors (Lipinski definition) is 1. The first-order chi connectivity index (χ1) is 10.2. The molecular formula is C15H17N3O3. The van der Waals surface area contributed by atoms with E-state index in [0.29, 0.717) is 19.1 Å². The van der Waals surface area contributed by atoms with Gasteiger partial charge >= 0.3 is 0 Å². The molecule has 1 aliphatic rings. The minimum absolute atomic E-state index is 0.274. The van der Waals surface area contributed by atoms with Gasteiger partial charge in [-0.2, -0.15) is 0 Å². The Morgan fingerprint density at radius 1 is 1.29 bits per heavy atom. The third-order valence-corrected chi connectivity index (χ3v) is 3.33. The van der Waals surface area contributed by atoms with E-state index in [1.54, 1.807) is 6.07 Å². The lowest BCUT2D eigenvalue weighted by Crippen LogP contribution is -2.35. The molecule has 6 nitrogen and oxygen atoms in total. The molecule has 6 heteroatoms. The van der Waals surface area contributed by atoms with Crippen LogP contribution in [0.2, 0.25) is 0 Å². The van der Waals surface area contributed by atoms with Crippen LogP contribution in [0.15, 0.2) is 34.9 Å². The summed E-state index contributed by atoms with van der Waals surface area (Å²) < 4.78 is 10.5. The maximum absolute atomic E-state index is 12.1. The Kier molecular flexibility index (Phi) is 3.87. The molecule has 110 valence electrons. The summed E-state index contributed by atoms with van der Waals surface area (Å²) in [6.45, 7) is 4.78. The molecule has 2 heterocycles. The molecule has 0 bridgehead atoms. The summed E-state index contributed by atoms with van der Waals surface area (Å²) in [4.78, 5) is 14.2. The van der Waals surface area contributed by atoms with Gasteiger partial charge in [0.1, 0.15) is 0 Å². The summed E-state index contributed by atoms with van der Waals surface area (Å²) in [6.07, 6.45) is 0. The molecule has 1 saturated heterocycles. The molecule has 1 aromatic heterocycles. The lowest BCUT2D eigenvalue weighted by molar-refractivity contribution is 0.101. The minimum Gasteiger partial charge on any atom is -0.378 e. The number of rotatable bonds is 3. The normalized spacial score (nSPS) is 15.0. The summed E-state index contributed by atoms with van der Waals surface area (Å²) in [5.41, 5.74) is 2.11. The van der Waals surface area contributed by atoms with E-state index in [0.717, 1.165) is 24.3 Å². The lowest BCUT2D eigenvalue weighted by Gasteiger charge is -2.25. The maximum Gasteiger partial charge on any atom is 0.277 e. The first-order valence-electron chi connectivity index (χ1n) is 6.90. The topological polar surface area (TPSA) is 67.6 Å². The fourth-order valence-electron chi connectivity index (χ4n) is 2.22. The number of aromatic nitrogens is 1. The van der Waals surface area contributed by atoms with Gasteiger partial charge in [0.25, 0.3) is 5.91 Å². The van der Waals surface area contributed by atoms with E-state index in [4.69, 9.17) is 9.26 Å². The van der Waals surface area contributed by atoms with Crippen LogP contribution in [0.25, 0.3) is 0 Å². The van der Waals surface area contributed by atoms with Crippen molar-refractivity contribution in [2.75, 3.05) is 36.5 Å². The summed E-state index contributed by atoms with van der Waals surface area (Å²) in [7, 11) is 0. The minimum atomic E-state index is -0.274. The third kappa shape index (κ3) is 3.22. The number of benzene rings is 1. The number of amides is 1. The highest BCUT2D eigenvalue weighted by Gasteiger charge is 2.19. The van der Waals surface area contributed by atoms with Gasteiger partial charge in [-0.1, -0.05) is 17.3 Å². The first kappa shape index (κ1) is 13.6. The number of carbonyl (C=O) groups excluding carboxylic acids is 1. The van der Waals surface area contributed by atoms with Crippen molar-refractivity contribution in [1.82, 2.24) is 5.16 Å². The molecule has 0 saturated carbocycles. The molecule has 0 radical (unpaired) electrons. The van der Waals surface area contributed by atoms with Crippen LogP contribution in [0.4, 0.5) is 11.6 Å². The number of morpholine rings is 1. The molecule has 0 atom stereocenters. The van der Waals surface area contributed by atoms with Crippen LogP contribution in [-0.4, -0.2) is 37.4 Å². The predicted octanol–water partition coefficient (Wildman–Crippen LogP) is 2.07. The Bertz CT molecular complexity index is 633. The summed E-state index contributed by atoms with van der Waals surface area (Å²) >= 11 is 0. The molecule has 0 spiro atoms. The van der Waals surface area contributed by atoms with Crippen LogP contribution in [0.5, 0.6) is 0 Å². The molecule has 3 rings (SSSR count). The second-order valence-electron chi connectivity index (χ2n) is 4.97. The molecule has 21 heavy (non-hydrogen) atoms. The molecular weight excluding hydrogens is 270 g/mol. The van der Waals surface area contributed by atoms with Crippen molar-refractivity contribution in [3.8, 4) is 0 Å². The highest BCUT2D eigenvalue weighted by atomic mass is 16.5. The predicted molar refractivity (Wildman–Crippen MR) is 78.7 cm³/mol. The van der Waals surface area contributed by atoms with Crippen molar-refractivity contribution in [2.45, 2.75) is 6.92 Å². The zero-order valence-electron chi connectivity index (χ0n) is 11.8. The molecule has 1 fully saturated rings. The SMILES string of the molecule is Cc1cccc(NC(=O)c2cc(N3CCOCC3)on2)c1. The van der Waals surface area contributed by atoms with Gasteiger partial charge in [0.2, 0.25) is 5.88 Å². The van der Waals surface area contributed by atoms with Gasteiger partial charge < -0.3 is 19.5 Å². The highest BCUT2D eigenvalue weighted by molar-refractivity contribution is 6.03. The fourth-order valence-corrected chi connectivity index (χ4v) is 2.22. The number of carbonyl (C=O) groups is 1. The van der Waals surface area contributed by atoms with Crippen molar-refractivity contribution in [1.29, 1.82) is 0 Å². The molecule has 1 aromatic carbocycles. The average molecular weight is 287 g/mol. The molecule has 1 N–H and O–H groups in total. The van der Waals surface area contributed by atoms with Gasteiger partial charge in [-0.3, -0.25) is 4.79 Å². The second kappa shape index (κ2) is 5.97. The fraction of sp³-hybridized carbons (Fsp3) is 0.333. The van der Waals surface area contributed by atoms with E-state index in [-0.39, 0.29) is 11.6 Å². The number of hydrogen-bond acceptors (Lipinski definition) is 5. The van der Waals surface area contributed by atoms with Gasteiger partial charge in [-0.15, -0.1) is 0 Å². The van der Waals surface area contributed by atoms with E-state index in [1.165, 1.54) is 0 Å². The van der Waals surface area contributed by atoms with Gasteiger partial charge in [-0.25, -0.2) is 0 Å². The Morgan fingerprint density at radius 3 is 2.86 bits per heavy atom. The van der Waals surface area contributed by atoms with E-state index < -0.39 is 0 Å². The van der Waals surface area contributed by atoms with E-state index in [1.807, 2.05) is 36.1 Å². The molecule has 1 amide bonds. The molecule has 0 aliphatic carbocycles. The van der Waals surface area contributed by atoms with Crippen LogP contribution in [0, 0.1) is 6.92 Å². The number of nitrogens with zero attached hydrogens (tertiary/aromatic N) is 2. The van der Waals surface area contributed by atoms with Crippen LogP contribution < -0.4 is 10.2 Å². The monoisotopic (exact) mass is 287 g/mol.